The Morgan fingerprint density at radius 2 is 1.80 bits per heavy atom. The van der Waals surface area contributed by atoms with Gasteiger partial charge in [-0.3, -0.25) is 0 Å². The minimum Gasteiger partial charge on any atom is -0.454 e. The highest BCUT2D eigenvalue weighted by atomic mass is 16.5. The molecule has 9 fully saturated rings. The van der Waals surface area contributed by atoms with Crippen molar-refractivity contribution < 1.29 is 39.5 Å². The average Bonchev–Trinajstić information content (AvgIpc) is 4.09. The number of rotatable bonds is 5. The highest BCUT2D eigenvalue weighted by Gasteiger charge is 2.85. The SMILES string of the molecule is CNC1Cc2c(cccc2CO)C#CCCC23CCC4C(O)(CC5CC(C(C)C6CCCC6)CCC6C7OCCC8CCCC87CC4(C=O)C56O)C2(O)CC2CC1C1OC(=O)C=C1C23. The van der Waals surface area contributed by atoms with E-state index in [0.717, 1.165) is 73.5 Å². The van der Waals surface area contributed by atoms with E-state index in [1.807, 2.05) is 25.2 Å². The van der Waals surface area contributed by atoms with Crippen molar-refractivity contribution in [2.24, 2.45) is 75.4 Å². The van der Waals surface area contributed by atoms with Gasteiger partial charge in [-0.25, -0.2) is 4.79 Å². The molecule has 18 unspecified atom stereocenters. The topological polar surface area (TPSA) is 146 Å². The van der Waals surface area contributed by atoms with Crippen LogP contribution in [0.1, 0.15) is 146 Å². The zero-order valence-corrected chi connectivity index (χ0v) is 38.4. The molecule has 0 aromatic heterocycles. The fourth-order valence-electron chi connectivity index (χ4n) is 20.1. The van der Waals surface area contributed by atoms with Gasteiger partial charge in [0.05, 0.1) is 29.3 Å². The molecule has 4 bridgehead atoms. The second-order valence-corrected chi connectivity index (χ2v) is 23.9. The molecule has 2 spiro atoms. The van der Waals surface area contributed by atoms with Crippen molar-refractivity contribution in [2.75, 3.05) is 13.7 Å². The van der Waals surface area contributed by atoms with Gasteiger partial charge >= 0.3 is 5.97 Å². The number of carbonyl (C=O) groups is 2. The number of nitrogens with one attached hydrogen (secondary N) is 1. The molecule has 18 atom stereocenters. The summed E-state index contributed by atoms with van der Waals surface area (Å²) in [5.74, 6) is 7.07. The minimum atomic E-state index is -1.66. The maximum Gasteiger partial charge on any atom is 0.331 e. The number of hydrogen-bond acceptors (Lipinski definition) is 9. The Kier molecular flexibility index (Phi) is 9.99. The van der Waals surface area contributed by atoms with Crippen LogP contribution in [-0.2, 0) is 32.1 Å². The van der Waals surface area contributed by atoms with Crippen molar-refractivity contribution in [3.8, 4) is 11.8 Å². The predicted octanol–water partition coefficient (Wildman–Crippen LogP) is 6.98. The van der Waals surface area contributed by atoms with E-state index in [2.05, 4.69) is 24.1 Å². The summed E-state index contributed by atoms with van der Waals surface area (Å²) in [5, 5.41) is 57.4. The highest BCUT2D eigenvalue weighted by molar-refractivity contribution is 5.86. The quantitative estimate of drug-likeness (QED) is 0.120. The van der Waals surface area contributed by atoms with Crippen LogP contribution in [0.2, 0.25) is 0 Å². The number of carbonyl (C=O) groups excluding carboxylic acids is 2. The van der Waals surface area contributed by atoms with Crippen LogP contribution in [0.5, 0.6) is 0 Å². The van der Waals surface area contributed by atoms with Crippen LogP contribution in [0.3, 0.4) is 0 Å². The van der Waals surface area contributed by atoms with Gasteiger partial charge in [0.15, 0.2) is 0 Å². The lowest BCUT2D eigenvalue weighted by Crippen LogP contribution is -2.82. The van der Waals surface area contributed by atoms with Crippen molar-refractivity contribution in [1.29, 1.82) is 0 Å². The molecule has 9 heteroatoms. The first kappa shape index (κ1) is 42.8. The molecule has 2 heterocycles. The van der Waals surface area contributed by atoms with E-state index in [-0.39, 0.29) is 66.1 Å². The molecule has 10 aliphatic carbocycles. The first-order valence-corrected chi connectivity index (χ1v) is 26.0. The molecule has 12 aliphatic rings. The zero-order chi connectivity index (χ0) is 44.0. The standard InChI is InChI=1S/C55H73NO8/c1-32(33-9-3-4-10-33)35-15-16-43-49-50(19-8-14-38(50)18-22-63-49)30-52(31-58)45-17-21-51-20-6-5-11-34-12-7-13-36(29-57)40(34)25-44(56-2)41-24-37(47(51)42-26-46(59)64-48(41)42)27-54(51,61)53(45,60)28-39(23-35)55(43,52)62/h7,12-13,26,31-33,35,37-39,41,43-45,47-49,56-57,60-62H,3-4,6,8-10,14-25,27-30H2,1-2H3. The number of ether oxygens (including phenoxy) is 2. The Morgan fingerprint density at radius 1 is 0.953 bits per heavy atom. The molecule has 5 N–H and O–H groups in total. The number of aliphatic hydroxyl groups is 4. The van der Waals surface area contributed by atoms with E-state index in [9.17, 15) is 30.0 Å². The molecule has 64 heavy (non-hydrogen) atoms. The number of esters is 1. The smallest absolute Gasteiger partial charge is 0.331 e. The van der Waals surface area contributed by atoms with E-state index in [1.165, 1.54) is 25.7 Å². The fraction of sp³-hybridized carbons (Fsp3) is 0.782. The van der Waals surface area contributed by atoms with Crippen molar-refractivity contribution in [1.82, 2.24) is 5.32 Å². The Bertz CT molecular complexity index is 2170. The monoisotopic (exact) mass is 876 g/mol. The van der Waals surface area contributed by atoms with Gasteiger partial charge in [-0.1, -0.05) is 63.0 Å². The zero-order valence-electron chi connectivity index (χ0n) is 38.4. The lowest BCUT2D eigenvalue weighted by atomic mass is 9.33. The third-order valence-corrected chi connectivity index (χ3v) is 22.4. The molecular formula is C55H73NO8. The van der Waals surface area contributed by atoms with Gasteiger partial charge < -0.3 is 40.0 Å². The van der Waals surface area contributed by atoms with Gasteiger partial charge in [-0.05, 0) is 161 Å². The summed E-state index contributed by atoms with van der Waals surface area (Å²) in [5.41, 5.74) is -3.22. The van der Waals surface area contributed by atoms with Crippen molar-refractivity contribution in [2.45, 2.75) is 177 Å². The molecule has 1 saturated heterocycles. The Hall–Kier alpha value is -2.58. The van der Waals surface area contributed by atoms with E-state index in [0.29, 0.717) is 81.6 Å². The lowest BCUT2D eigenvalue weighted by Gasteiger charge is -2.74. The van der Waals surface area contributed by atoms with Gasteiger partial charge in [0.1, 0.15) is 18.0 Å². The average molecular weight is 876 g/mol. The second-order valence-electron chi connectivity index (χ2n) is 23.9. The summed E-state index contributed by atoms with van der Waals surface area (Å²) >= 11 is 0. The first-order valence-electron chi connectivity index (χ1n) is 26.0. The van der Waals surface area contributed by atoms with E-state index < -0.39 is 39.7 Å². The second kappa shape index (κ2) is 15.0. The lowest BCUT2D eigenvalue weighted by molar-refractivity contribution is -0.363. The van der Waals surface area contributed by atoms with E-state index in [4.69, 9.17) is 9.47 Å². The summed E-state index contributed by atoms with van der Waals surface area (Å²) in [4.78, 5) is 28.5. The maximum atomic E-state index is 14.9. The number of benzene rings is 1. The van der Waals surface area contributed by atoms with Gasteiger partial charge in [0, 0.05) is 59.3 Å². The van der Waals surface area contributed by atoms with Crippen molar-refractivity contribution in [3.63, 3.8) is 0 Å². The molecule has 0 amide bonds. The summed E-state index contributed by atoms with van der Waals surface area (Å²) in [6.07, 6.45) is 18.7. The van der Waals surface area contributed by atoms with E-state index in [1.54, 1.807) is 6.08 Å². The molecule has 8 saturated carbocycles. The van der Waals surface area contributed by atoms with Crippen LogP contribution in [-0.4, -0.2) is 81.4 Å². The molecule has 2 aliphatic heterocycles. The fourth-order valence-corrected chi connectivity index (χ4v) is 20.1. The number of hydrogen-bond donors (Lipinski definition) is 5. The van der Waals surface area contributed by atoms with Gasteiger partial charge in [0.2, 0.25) is 0 Å². The summed E-state index contributed by atoms with van der Waals surface area (Å²) in [6.45, 7) is 3.06. The van der Waals surface area contributed by atoms with Crippen LogP contribution in [0.25, 0.3) is 0 Å². The molecule has 9 nitrogen and oxygen atoms in total. The molecule has 1 aromatic rings. The van der Waals surface area contributed by atoms with Crippen LogP contribution in [0, 0.1) is 87.3 Å². The predicted molar refractivity (Wildman–Crippen MR) is 240 cm³/mol. The molecule has 0 radical (unpaired) electrons. The highest BCUT2D eigenvalue weighted by Crippen LogP contribution is 2.80. The molecule has 13 rings (SSSR count). The van der Waals surface area contributed by atoms with Gasteiger partial charge in [0.25, 0.3) is 0 Å². The number of aliphatic hydroxyl groups excluding tert-OH is 1. The van der Waals surface area contributed by atoms with Crippen LogP contribution in [0.4, 0.5) is 0 Å². The first-order chi connectivity index (χ1) is 30.9. The van der Waals surface area contributed by atoms with Crippen LogP contribution in [0.15, 0.2) is 29.8 Å². The van der Waals surface area contributed by atoms with Crippen LogP contribution < -0.4 is 5.32 Å². The summed E-state index contributed by atoms with van der Waals surface area (Å²) < 4.78 is 13.3. The molecule has 346 valence electrons. The third-order valence-electron chi connectivity index (χ3n) is 22.4. The van der Waals surface area contributed by atoms with Gasteiger partial charge in [-0.15, -0.1) is 0 Å². The molecule has 1 aromatic carbocycles. The van der Waals surface area contributed by atoms with E-state index >= 15 is 0 Å². The van der Waals surface area contributed by atoms with Gasteiger partial charge in [-0.2, -0.15) is 0 Å². The Morgan fingerprint density at radius 3 is 2.59 bits per heavy atom. The third kappa shape index (κ3) is 5.37. The normalized spacial score (nSPS) is 50.4. The molecular weight excluding hydrogens is 803 g/mol. The summed E-state index contributed by atoms with van der Waals surface area (Å²) in [7, 11) is 1.96. The number of fused-ring (bicyclic) bond motifs is 7. The Balaban J connectivity index is 1.03. The minimum absolute atomic E-state index is 0.0443. The maximum absolute atomic E-state index is 14.9. The van der Waals surface area contributed by atoms with Crippen molar-refractivity contribution >= 4 is 12.3 Å². The summed E-state index contributed by atoms with van der Waals surface area (Å²) in [6, 6.07) is 5.84. The number of aldehydes is 1. The number of likely N-dealkylation sites (N-methyl/N-ethyl adjacent to an activating group) is 1. The van der Waals surface area contributed by atoms with Crippen molar-refractivity contribution in [3.05, 3.63) is 46.5 Å². The Labute approximate surface area is 380 Å². The largest absolute Gasteiger partial charge is 0.454 e. The van der Waals surface area contributed by atoms with Crippen LogP contribution >= 0.6 is 0 Å².